The number of ether oxygens (including phenoxy) is 1. The van der Waals surface area contributed by atoms with Crippen molar-refractivity contribution < 1.29 is 9.15 Å². The van der Waals surface area contributed by atoms with Gasteiger partial charge in [-0.3, -0.25) is 0 Å². The van der Waals surface area contributed by atoms with Gasteiger partial charge in [0.1, 0.15) is 11.5 Å². The van der Waals surface area contributed by atoms with Gasteiger partial charge in [-0.25, -0.2) is 0 Å². The van der Waals surface area contributed by atoms with E-state index in [1.54, 1.807) is 0 Å². The zero-order chi connectivity index (χ0) is 13.8. The lowest BCUT2D eigenvalue weighted by atomic mass is 9.86. The minimum absolute atomic E-state index is 0.366. The van der Waals surface area contributed by atoms with Crippen LogP contribution in [0.4, 0.5) is 0 Å². The highest BCUT2D eigenvalue weighted by atomic mass is 16.5. The summed E-state index contributed by atoms with van der Waals surface area (Å²) in [5.41, 5.74) is 1.32. The molecular formula is C16H27NO2. The predicted molar refractivity (Wildman–Crippen MR) is 77.4 cm³/mol. The van der Waals surface area contributed by atoms with Crippen LogP contribution in [-0.2, 0) is 4.74 Å². The first kappa shape index (κ1) is 14.6. The zero-order valence-corrected chi connectivity index (χ0v) is 12.7. The molecule has 19 heavy (non-hydrogen) atoms. The summed E-state index contributed by atoms with van der Waals surface area (Å²) in [5.74, 6) is 2.61. The fourth-order valence-corrected chi connectivity index (χ4v) is 3.22. The van der Waals surface area contributed by atoms with Gasteiger partial charge in [-0.1, -0.05) is 13.8 Å². The number of aryl methyl sites for hydroxylation is 2. The molecule has 2 rings (SSSR count). The van der Waals surface area contributed by atoms with Gasteiger partial charge in [0.15, 0.2) is 0 Å². The zero-order valence-electron chi connectivity index (χ0n) is 12.7. The molecule has 3 unspecified atom stereocenters. The van der Waals surface area contributed by atoms with E-state index in [0.717, 1.165) is 43.9 Å². The quantitative estimate of drug-likeness (QED) is 0.850. The van der Waals surface area contributed by atoms with Crippen LogP contribution in [0, 0.1) is 19.8 Å². The largest absolute Gasteiger partial charge is 0.466 e. The molecule has 1 saturated heterocycles. The average molecular weight is 265 g/mol. The predicted octanol–water partition coefficient (Wildman–Crippen LogP) is 3.75. The minimum atomic E-state index is 0.366. The third-order valence-corrected chi connectivity index (χ3v) is 4.12. The Hall–Kier alpha value is -0.800. The van der Waals surface area contributed by atoms with Gasteiger partial charge < -0.3 is 14.5 Å². The van der Waals surface area contributed by atoms with Crippen LogP contribution in [0.5, 0.6) is 0 Å². The molecule has 1 aliphatic heterocycles. The van der Waals surface area contributed by atoms with Crippen LogP contribution in [0.1, 0.15) is 56.2 Å². The lowest BCUT2D eigenvalue weighted by Crippen LogP contribution is -2.33. The van der Waals surface area contributed by atoms with Gasteiger partial charge in [-0.2, -0.15) is 0 Å². The lowest BCUT2D eigenvalue weighted by molar-refractivity contribution is 0.0772. The van der Waals surface area contributed by atoms with E-state index in [-0.39, 0.29) is 0 Å². The molecule has 0 amide bonds. The first-order chi connectivity index (χ1) is 9.17. The Bertz CT molecular complexity index is 399. The molecule has 108 valence electrons. The third kappa shape index (κ3) is 3.21. The maximum absolute atomic E-state index is 5.87. The van der Waals surface area contributed by atoms with Gasteiger partial charge in [0, 0.05) is 24.1 Å². The molecule has 3 atom stereocenters. The van der Waals surface area contributed by atoms with Crippen molar-refractivity contribution in [1.82, 2.24) is 5.32 Å². The Morgan fingerprint density at radius 1 is 1.37 bits per heavy atom. The molecule has 0 aliphatic carbocycles. The van der Waals surface area contributed by atoms with E-state index in [1.807, 2.05) is 6.92 Å². The molecule has 1 N–H and O–H groups in total. The number of hydrogen-bond donors (Lipinski definition) is 1. The monoisotopic (exact) mass is 265 g/mol. The Labute approximate surface area is 116 Å². The molecule has 0 saturated carbocycles. The Kier molecular flexibility index (Phi) is 5.06. The Morgan fingerprint density at radius 3 is 2.74 bits per heavy atom. The van der Waals surface area contributed by atoms with Gasteiger partial charge in [0.05, 0.1) is 6.10 Å². The first-order valence-electron chi connectivity index (χ1n) is 7.59. The summed E-state index contributed by atoms with van der Waals surface area (Å²) in [4.78, 5) is 0. The summed E-state index contributed by atoms with van der Waals surface area (Å²) in [6.07, 6.45) is 3.76. The van der Waals surface area contributed by atoms with E-state index in [2.05, 4.69) is 32.2 Å². The van der Waals surface area contributed by atoms with Gasteiger partial charge in [-0.15, -0.1) is 0 Å². The van der Waals surface area contributed by atoms with Gasteiger partial charge in [0.25, 0.3) is 0 Å². The molecule has 3 heteroatoms. The van der Waals surface area contributed by atoms with Gasteiger partial charge >= 0.3 is 0 Å². The fraction of sp³-hybridized carbons (Fsp3) is 0.750. The highest BCUT2D eigenvalue weighted by Gasteiger charge is 2.35. The van der Waals surface area contributed by atoms with Crippen LogP contribution in [0.3, 0.4) is 0 Å². The average Bonchev–Trinajstić information content (AvgIpc) is 2.97. The van der Waals surface area contributed by atoms with Gasteiger partial charge in [-0.05, 0) is 45.7 Å². The molecule has 3 nitrogen and oxygen atoms in total. The summed E-state index contributed by atoms with van der Waals surface area (Å²) in [6.45, 7) is 10.5. The fourth-order valence-electron chi connectivity index (χ4n) is 3.22. The molecule has 2 heterocycles. The van der Waals surface area contributed by atoms with Crippen LogP contribution in [0.15, 0.2) is 10.5 Å². The topological polar surface area (TPSA) is 34.4 Å². The van der Waals surface area contributed by atoms with Crippen molar-refractivity contribution in [3.8, 4) is 0 Å². The van der Waals surface area contributed by atoms with E-state index < -0.39 is 0 Å². The number of rotatable bonds is 6. The Balaban J connectivity index is 2.22. The molecule has 0 aromatic carbocycles. The molecule has 1 fully saturated rings. The van der Waals surface area contributed by atoms with Gasteiger partial charge in [0.2, 0.25) is 0 Å². The molecule has 0 bridgehead atoms. The lowest BCUT2D eigenvalue weighted by Gasteiger charge is -2.28. The third-order valence-electron chi connectivity index (χ3n) is 4.12. The van der Waals surface area contributed by atoms with Crippen molar-refractivity contribution in [1.29, 1.82) is 0 Å². The maximum Gasteiger partial charge on any atom is 0.105 e. The second kappa shape index (κ2) is 6.58. The van der Waals surface area contributed by atoms with E-state index in [1.165, 1.54) is 5.56 Å². The highest BCUT2D eigenvalue weighted by molar-refractivity contribution is 5.25. The van der Waals surface area contributed by atoms with Crippen LogP contribution in [-0.4, -0.2) is 19.3 Å². The van der Waals surface area contributed by atoms with Crippen LogP contribution >= 0.6 is 0 Å². The Morgan fingerprint density at radius 2 is 2.16 bits per heavy atom. The normalized spacial score (nSPS) is 24.8. The van der Waals surface area contributed by atoms with Crippen molar-refractivity contribution in [2.75, 3.05) is 13.2 Å². The van der Waals surface area contributed by atoms with E-state index in [0.29, 0.717) is 18.1 Å². The van der Waals surface area contributed by atoms with Crippen molar-refractivity contribution in [2.45, 2.75) is 59.1 Å². The molecular weight excluding hydrogens is 238 g/mol. The highest BCUT2D eigenvalue weighted by Crippen LogP contribution is 2.37. The number of nitrogens with one attached hydrogen (secondary N) is 1. The van der Waals surface area contributed by atoms with Crippen LogP contribution < -0.4 is 5.32 Å². The molecule has 0 radical (unpaired) electrons. The minimum Gasteiger partial charge on any atom is -0.466 e. The van der Waals surface area contributed by atoms with Crippen molar-refractivity contribution in [2.24, 2.45) is 5.92 Å². The first-order valence-corrected chi connectivity index (χ1v) is 7.59. The standard InChI is InChI=1S/C16H27NO2/c1-5-8-17-16(13-7-9-18-15(13)6-2)14-10-11(3)19-12(14)4/h10,13,15-17H,5-9H2,1-4H3. The maximum atomic E-state index is 5.87. The van der Waals surface area contributed by atoms with E-state index in [4.69, 9.17) is 9.15 Å². The number of hydrogen-bond acceptors (Lipinski definition) is 3. The summed E-state index contributed by atoms with van der Waals surface area (Å²) in [6, 6.07) is 2.55. The van der Waals surface area contributed by atoms with Crippen LogP contribution in [0.2, 0.25) is 0 Å². The summed E-state index contributed by atoms with van der Waals surface area (Å²) in [7, 11) is 0. The van der Waals surface area contributed by atoms with Crippen molar-refractivity contribution >= 4 is 0 Å². The number of furan rings is 1. The summed E-state index contributed by atoms with van der Waals surface area (Å²) >= 11 is 0. The van der Waals surface area contributed by atoms with E-state index >= 15 is 0 Å². The molecule has 1 aromatic rings. The van der Waals surface area contributed by atoms with E-state index in [9.17, 15) is 0 Å². The SMILES string of the molecule is CCCNC(c1cc(C)oc1C)C1CCOC1CC. The molecule has 1 aromatic heterocycles. The second-order valence-corrected chi connectivity index (χ2v) is 5.57. The van der Waals surface area contributed by atoms with Crippen molar-refractivity contribution in [3.05, 3.63) is 23.2 Å². The smallest absolute Gasteiger partial charge is 0.105 e. The van der Waals surface area contributed by atoms with Crippen molar-refractivity contribution in [3.63, 3.8) is 0 Å². The summed E-state index contributed by atoms with van der Waals surface area (Å²) in [5, 5.41) is 3.71. The molecule has 0 spiro atoms. The van der Waals surface area contributed by atoms with Crippen LogP contribution in [0.25, 0.3) is 0 Å². The molecule has 1 aliphatic rings. The second-order valence-electron chi connectivity index (χ2n) is 5.57. The summed E-state index contributed by atoms with van der Waals surface area (Å²) < 4.78 is 11.6.